The monoisotopic (exact) mass is 233 g/mol. The van der Waals surface area contributed by atoms with Gasteiger partial charge in [0.05, 0.1) is 6.10 Å². The Hall–Kier alpha value is -1.02. The van der Waals surface area contributed by atoms with Crippen LogP contribution in [0, 0.1) is 0 Å². The van der Waals surface area contributed by atoms with Gasteiger partial charge in [-0.25, -0.2) is 0 Å². The van der Waals surface area contributed by atoms with E-state index in [1.165, 1.54) is 31.4 Å². The molecule has 0 radical (unpaired) electrons. The summed E-state index contributed by atoms with van der Waals surface area (Å²) >= 11 is 0. The Morgan fingerprint density at radius 1 is 1.24 bits per heavy atom. The van der Waals surface area contributed by atoms with Crippen molar-refractivity contribution in [2.24, 2.45) is 0 Å². The van der Waals surface area contributed by atoms with Crippen LogP contribution in [0.3, 0.4) is 0 Å². The fourth-order valence-corrected chi connectivity index (χ4v) is 2.36. The van der Waals surface area contributed by atoms with E-state index in [2.05, 4.69) is 43.4 Å². The summed E-state index contributed by atoms with van der Waals surface area (Å²) in [4.78, 5) is 0. The van der Waals surface area contributed by atoms with Crippen molar-refractivity contribution >= 4 is 0 Å². The van der Waals surface area contributed by atoms with Gasteiger partial charge in [-0.3, -0.25) is 0 Å². The van der Waals surface area contributed by atoms with Crippen LogP contribution in [0.2, 0.25) is 0 Å². The highest BCUT2D eigenvalue weighted by atomic mass is 16.5. The zero-order chi connectivity index (χ0) is 12.1. The molecule has 0 saturated carbocycles. The van der Waals surface area contributed by atoms with Crippen molar-refractivity contribution in [2.75, 3.05) is 6.54 Å². The van der Waals surface area contributed by atoms with Crippen LogP contribution < -0.4 is 10.1 Å². The average Bonchev–Trinajstić information content (AvgIpc) is 2.32. The molecule has 1 fully saturated rings. The fourth-order valence-electron chi connectivity index (χ4n) is 2.36. The van der Waals surface area contributed by atoms with Gasteiger partial charge in [0, 0.05) is 6.04 Å². The van der Waals surface area contributed by atoms with Gasteiger partial charge in [0.25, 0.3) is 0 Å². The molecule has 0 aliphatic carbocycles. The van der Waals surface area contributed by atoms with E-state index in [0.29, 0.717) is 6.04 Å². The van der Waals surface area contributed by atoms with Crippen molar-refractivity contribution in [3.63, 3.8) is 0 Å². The lowest BCUT2D eigenvalue weighted by Crippen LogP contribution is -2.35. The minimum Gasteiger partial charge on any atom is -0.491 e. The molecule has 1 heterocycles. The molecule has 1 unspecified atom stereocenters. The van der Waals surface area contributed by atoms with Crippen LogP contribution in [0.25, 0.3) is 0 Å². The van der Waals surface area contributed by atoms with Crippen LogP contribution in [0.1, 0.15) is 38.7 Å². The molecule has 1 atom stereocenters. The zero-order valence-corrected chi connectivity index (χ0v) is 10.9. The summed E-state index contributed by atoms with van der Waals surface area (Å²) in [6.45, 7) is 5.29. The van der Waals surface area contributed by atoms with Gasteiger partial charge in [0.15, 0.2) is 0 Å². The van der Waals surface area contributed by atoms with E-state index in [9.17, 15) is 0 Å². The van der Waals surface area contributed by atoms with Crippen LogP contribution in [-0.2, 0) is 6.42 Å². The number of hydrogen-bond acceptors (Lipinski definition) is 2. The Balaban J connectivity index is 1.88. The first-order chi connectivity index (χ1) is 8.24. The lowest BCUT2D eigenvalue weighted by atomic mass is 9.98. The van der Waals surface area contributed by atoms with Crippen LogP contribution in [-0.4, -0.2) is 18.7 Å². The first kappa shape index (κ1) is 12.4. The van der Waals surface area contributed by atoms with Crippen LogP contribution in [0.15, 0.2) is 24.3 Å². The van der Waals surface area contributed by atoms with E-state index in [1.807, 2.05) is 0 Å². The molecule has 1 N–H and O–H groups in total. The maximum atomic E-state index is 5.64. The van der Waals surface area contributed by atoms with E-state index < -0.39 is 0 Å². The topological polar surface area (TPSA) is 21.3 Å². The van der Waals surface area contributed by atoms with Crippen molar-refractivity contribution in [3.05, 3.63) is 29.8 Å². The standard InChI is InChI=1S/C15H23NO/c1-12(2)17-15-8-6-13(7-9-15)11-14-5-3-4-10-16-14/h6-9,12,14,16H,3-5,10-11H2,1-2H3. The molecule has 1 aliphatic heterocycles. The minimum atomic E-state index is 0.251. The molecule has 0 aromatic heterocycles. The second-order valence-corrected chi connectivity index (χ2v) is 5.16. The van der Waals surface area contributed by atoms with Gasteiger partial charge >= 0.3 is 0 Å². The molecule has 0 spiro atoms. The number of rotatable bonds is 4. The number of piperidine rings is 1. The molecule has 1 aliphatic rings. The summed E-state index contributed by atoms with van der Waals surface area (Å²) in [7, 11) is 0. The molecule has 0 bridgehead atoms. The molecule has 17 heavy (non-hydrogen) atoms. The van der Waals surface area contributed by atoms with Gasteiger partial charge in [-0.1, -0.05) is 18.6 Å². The molecule has 2 heteroatoms. The second-order valence-electron chi connectivity index (χ2n) is 5.16. The molecule has 1 aromatic carbocycles. The predicted molar refractivity (Wildman–Crippen MR) is 71.6 cm³/mol. The SMILES string of the molecule is CC(C)Oc1ccc(CC2CCCCN2)cc1. The molecular formula is C15H23NO. The first-order valence-corrected chi connectivity index (χ1v) is 6.73. The maximum Gasteiger partial charge on any atom is 0.119 e. The Morgan fingerprint density at radius 3 is 2.59 bits per heavy atom. The quantitative estimate of drug-likeness (QED) is 0.862. The normalized spacial score (nSPS) is 20.5. The third kappa shape index (κ3) is 4.04. The van der Waals surface area contributed by atoms with E-state index in [-0.39, 0.29) is 6.10 Å². The summed E-state index contributed by atoms with van der Waals surface area (Å²) in [5, 5.41) is 3.58. The summed E-state index contributed by atoms with van der Waals surface area (Å²) in [5.74, 6) is 0.973. The van der Waals surface area contributed by atoms with Crippen molar-refractivity contribution in [2.45, 2.75) is 51.7 Å². The lowest BCUT2D eigenvalue weighted by molar-refractivity contribution is 0.242. The van der Waals surface area contributed by atoms with Crippen molar-refractivity contribution in [1.82, 2.24) is 5.32 Å². The number of ether oxygens (including phenoxy) is 1. The largest absolute Gasteiger partial charge is 0.491 e. The van der Waals surface area contributed by atoms with E-state index in [4.69, 9.17) is 4.74 Å². The predicted octanol–water partition coefficient (Wildman–Crippen LogP) is 3.16. The van der Waals surface area contributed by atoms with E-state index in [0.717, 1.165) is 12.2 Å². The Kier molecular flexibility index (Phi) is 4.43. The van der Waals surface area contributed by atoms with Crippen LogP contribution in [0.5, 0.6) is 5.75 Å². The minimum absolute atomic E-state index is 0.251. The molecule has 94 valence electrons. The Labute approximate surface area is 104 Å². The summed E-state index contributed by atoms with van der Waals surface area (Å²) in [6.07, 6.45) is 5.40. The first-order valence-electron chi connectivity index (χ1n) is 6.73. The molecule has 2 nitrogen and oxygen atoms in total. The molecule has 0 amide bonds. The fraction of sp³-hybridized carbons (Fsp3) is 0.600. The third-order valence-electron chi connectivity index (χ3n) is 3.19. The smallest absolute Gasteiger partial charge is 0.119 e. The number of hydrogen-bond donors (Lipinski definition) is 1. The summed E-state index contributed by atoms with van der Waals surface area (Å²) in [5.41, 5.74) is 1.40. The van der Waals surface area contributed by atoms with Crippen LogP contribution >= 0.6 is 0 Å². The molecule has 1 aromatic rings. The van der Waals surface area contributed by atoms with Gasteiger partial charge in [-0.2, -0.15) is 0 Å². The average molecular weight is 233 g/mol. The van der Waals surface area contributed by atoms with E-state index in [1.54, 1.807) is 0 Å². The third-order valence-corrected chi connectivity index (χ3v) is 3.19. The lowest BCUT2D eigenvalue weighted by Gasteiger charge is -2.23. The highest BCUT2D eigenvalue weighted by Gasteiger charge is 2.12. The van der Waals surface area contributed by atoms with Crippen molar-refractivity contribution in [3.8, 4) is 5.75 Å². The van der Waals surface area contributed by atoms with Gasteiger partial charge < -0.3 is 10.1 Å². The van der Waals surface area contributed by atoms with Gasteiger partial charge in [-0.15, -0.1) is 0 Å². The molecular weight excluding hydrogens is 210 g/mol. The van der Waals surface area contributed by atoms with Gasteiger partial charge in [0.1, 0.15) is 5.75 Å². The van der Waals surface area contributed by atoms with E-state index >= 15 is 0 Å². The molecule has 2 rings (SSSR count). The summed E-state index contributed by atoms with van der Waals surface area (Å²) < 4.78 is 5.64. The highest BCUT2D eigenvalue weighted by Crippen LogP contribution is 2.17. The Morgan fingerprint density at radius 2 is 2.00 bits per heavy atom. The van der Waals surface area contributed by atoms with Crippen molar-refractivity contribution < 1.29 is 4.74 Å². The Bertz CT molecular complexity index is 325. The van der Waals surface area contributed by atoms with Gasteiger partial charge in [-0.05, 0) is 57.4 Å². The second kappa shape index (κ2) is 6.06. The van der Waals surface area contributed by atoms with Crippen LogP contribution in [0.4, 0.5) is 0 Å². The highest BCUT2D eigenvalue weighted by molar-refractivity contribution is 5.28. The van der Waals surface area contributed by atoms with Gasteiger partial charge in [0.2, 0.25) is 0 Å². The number of benzene rings is 1. The van der Waals surface area contributed by atoms with Crippen molar-refractivity contribution in [1.29, 1.82) is 0 Å². The maximum absolute atomic E-state index is 5.64. The summed E-state index contributed by atoms with van der Waals surface area (Å²) in [6, 6.07) is 9.21. The molecule has 1 saturated heterocycles. The zero-order valence-electron chi connectivity index (χ0n) is 10.9. The number of nitrogens with one attached hydrogen (secondary N) is 1.